The van der Waals surface area contributed by atoms with Crippen molar-refractivity contribution in [2.24, 2.45) is 0 Å². The van der Waals surface area contributed by atoms with Crippen molar-refractivity contribution in [3.63, 3.8) is 0 Å². The Kier molecular flexibility index (Phi) is 6.90. The van der Waals surface area contributed by atoms with Gasteiger partial charge in [-0.3, -0.25) is 9.80 Å². The van der Waals surface area contributed by atoms with Crippen molar-refractivity contribution in [3.05, 3.63) is 70.5 Å². The van der Waals surface area contributed by atoms with Crippen LogP contribution in [0.1, 0.15) is 48.7 Å². The standard InChI is InChI=1S/C25H31ClN6O/c1-33-21-12-10-19(11-13-21)18-32-25(27-28-29-32)24(22-8-4-5-9-23(22)26)31-16-14-30(15-17-31)20-6-2-3-7-20/h4-5,8-13,20,24H,2-3,6-7,14-18H2,1H3/t24-/m1/s1. The van der Waals surface area contributed by atoms with Crippen molar-refractivity contribution in [1.82, 2.24) is 30.0 Å². The summed E-state index contributed by atoms with van der Waals surface area (Å²) in [7, 11) is 1.68. The normalized spacial score (nSPS) is 19.1. The smallest absolute Gasteiger partial charge is 0.173 e. The molecular weight excluding hydrogens is 436 g/mol. The fourth-order valence-corrected chi connectivity index (χ4v) is 5.49. The van der Waals surface area contributed by atoms with Crippen molar-refractivity contribution in [1.29, 1.82) is 0 Å². The Bertz CT molecular complexity index is 1040. The highest BCUT2D eigenvalue weighted by Gasteiger charge is 2.34. The van der Waals surface area contributed by atoms with Crippen molar-refractivity contribution in [2.75, 3.05) is 33.3 Å². The molecule has 174 valence electrons. The van der Waals surface area contributed by atoms with Gasteiger partial charge in [-0.25, -0.2) is 4.68 Å². The third kappa shape index (κ3) is 4.90. The second-order valence-corrected chi connectivity index (χ2v) is 9.38. The van der Waals surface area contributed by atoms with Gasteiger partial charge in [0.15, 0.2) is 5.82 Å². The van der Waals surface area contributed by atoms with Crippen LogP contribution in [-0.2, 0) is 6.54 Å². The fourth-order valence-electron chi connectivity index (χ4n) is 5.25. The van der Waals surface area contributed by atoms with Gasteiger partial charge in [-0.05, 0) is 52.6 Å². The summed E-state index contributed by atoms with van der Waals surface area (Å²) >= 11 is 6.70. The maximum Gasteiger partial charge on any atom is 0.173 e. The number of nitrogens with zero attached hydrogens (tertiary/aromatic N) is 6. The molecule has 3 aromatic rings. The molecule has 0 spiro atoms. The number of tetrazole rings is 1. The van der Waals surface area contributed by atoms with Gasteiger partial charge < -0.3 is 4.74 Å². The van der Waals surface area contributed by atoms with Crippen LogP contribution in [0, 0.1) is 0 Å². The van der Waals surface area contributed by atoms with Crippen molar-refractivity contribution >= 4 is 11.6 Å². The Morgan fingerprint density at radius 2 is 1.73 bits per heavy atom. The molecular formula is C25H31ClN6O. The Morgan fingerprint density at radius 3 is 2.42 bits per heavy atom. The molecule has 7 nitrogen and oxygen atoms in total. The predicted octanol–water partition coefficient (Wildman–Crippen LogP) is 4.03. The zero-order valence-corrected chi connectivity index (χ0v) is 19.9. The number of aromatic nitrogens is 4. The monoisotopic (exact) mass is 466 g/mol. The van der Waals surface area contributed by atoms with E-state index in [4.69, 9.17) is 16.3 Å². The Balaban J connectivity index is 1.41. The van der Waals surface area contributed by atoms with Crippen LogP contribution in [0.5, 0.6) is 5.75 Å². The van der Waals surface area contributed by atoms with Crippen molar-refractivity contribution in [2.45, 2.75) is 44.3 Å². The van der Waals surface area contributed by atoms with Gasteiger partial charge in [0.05, 0.1) is 19.7 Å². The molecule has 5 rings (SSSR count). The lowest BCUT2D eigenvalue weighted by Crippen LogP contribution is -2.51. The maximum atomic E-state index is 6.70. The summed E-state index contributed by atoms with van der Waals surface area (Å²) in [5, 5.41) is 13.7. The number of hydrogen-bond acceptors (Lipinski definition) is 6. The third-order valence-electron chi connectivity index (χ3n) is 7.05. The maximum absolute atomic E-state index is 6.70. The van der Waals surface area contributed by atoms with E-state index in [1.165, 1.54) is 25.7 Å². The summed E-state index contributed by atoms with van der Waals surface area (Å²) in [6.45, 7) is 4.69. The van der Waals surface area contributed by atoms with Gasteiger partial charge in [0, 0.05) is 37.2 Å². The largest absolute Gasteiger partial charge is 0.497 e. The average Bonchev–Trinajstić information content (AvgIpc) is 3.55. The molecule has 1 aromatic heterocycles. The molecule has 1 aliphatic heterocycles. The highest BCUT2D eigenvalue weighted by atomic mass is 35.5. The van der Waals surface area contributed by atoms with Crippen LogP contribution in [0.25, 0.3) is 0 Å². The first kappa shape index (κ1) is 22.3. The molecule has 1 saturated carbocycles. The van der Waals surface area contributed by atoms with Gasteiger partial charge in [0.1, 0.15) is 5.75 Å². The predicted molar refractivity (Wildman–Crippen MR) is 129 cm³/mol. The van der Waals surface area contributed by atoms with E-state index >= 15 is 0 Å². The summed E-state index contributed by atoms with van der Waals surface area (Å²) < 4.78 is 7.19. The molecule has 8 heteroatoms. The van der Waals surface area contributed by atoms with Gasteiger partial charge in [0.25, 0.3) is 0 Å². The number of ether oxygens (including phenoxy) is 1. The highest BCUT2D eigenvalue weighted by Crippen LogP contribution is 2.34. The Morgan fingerprint density at radius 1 is 1.00 bits per heavy atom. The van der Waals surface area contributed by atoms with E-state index in [2.05, 4.69) is 43.5 Å². The van der Waals surface area contributed by atoms with E-state index < -0.39 is 0 Å². The molecule has 1 saturated heterocycles. The highest BCUT2D eigenvalue weighted by molar-refractivity contribution is 6.31. The van der Waals surface area contributed by atoms with Crippen LogP contribution in [-0.4, -0.2) is 69.3 Å². The minimum absolute atomic E-state index is 0.0855. The lowest BCUT2D eigenvalue weighted by Gasteiger charge is -2.41. The number of hydrogen-bond donors (Lipinski definition) is 0. The molecule has 0 bridgehead atoms. The number of methoxy groups -OCH3 is 1. The third-order valence-corrected chi connectivity index (χ3v) is 7.39. The van der Waals surface area contributed by atoms with E-state index in [1.54, 1.807) is 7.11 Å². The first-order valence-electron chi connectivity index (χ1n) is 11.8. The minimum Gasteiger partial charge on any atom is -0.497 e. The fraction of sp³-hybridized carbons (Fsp3) is 0.480. The van der Waals surface area contributed by atoms with E-state index in [0.717, 1.165) is 59.9 Å². The summed E-state index contributed by atoms with van der Waals surface area (Å²) in [5.41, 5.74) is 2.17. The summed E-state index contributed by atoms with van der Waals surface area (Å²) in [6.07, 6.45) is 5.42. The van der Waals surface area contributed by atoms with Crippen LogP contribution < -0.4 is 4.74 Å². The first-order chi connectivity index (χ1) is 16.2. The van der Waals surface area contributed by atoms with Crippen LogP contribution in [0.15, 0.2) is 48.5 Å². The number of halogens is 1. The molecule has 0 unspecified atom stereocenters. The average molecular weight is 467 g/mol. The van der Waals surface area contributed by atoms with Gasteiger partial charge in [-0.2, -0.15) is 0 Å². The molecule has 0 amide bonds. The molecule has 0 N–H and O–H groups in total. The SMILES string of the molecule is COc1ccc(Cn2nnnc2[C@@H](c2ccccc2Cl)N2CCN(C3CCCC3)CC2)cc1. The van der Waals surface area contributed by atoms with Gasteiger partial charge in [-0.1, -0.05) is 54.8 Å². The van der Waals surface area contributed by atoms with E-state index in [0.29, 0.717) is 6.54 Å². The summed E-state index contributed by atoms with van der Waals surface area (Å²) in [6, 6.07) is 16.8. The number of benzene rings is 2. The van der Waals surface area contributed by atoms with E-state index in [9.17, 15) is 0 Å². The first-order valence-corrected chi connectivity index (χ1v) is 12.2. The lowest BCUT2D eigenvalue weighted by molar-refractivity contribution is 0.0771. The Hall–Kier alpha value is -2.48. The number of rotatable bonds is 7. The van der Waals surface area contributed by atoms with E-state index in [-0.39, 0.29) is 6.04 Å². The van der Waals surface area contributed by atoms with Crippen molar-refractivity contribution < 1.29 is 4.74 Å². The molecule has 2 heterocycles. The molecule has 1 atom stereocenters. The number of piperazine rings is 1. The topological polar surface area (TPSA) is 59.3 Å². The zero-order valence-electron chi connectivity index (χ0n) is 19.1. The molecule has 2 aromatic carbocycles. The molecule has 0 radical (unpaired) electrons. The van der Waals surface area contributed by atoms with Crippen LogP contribution in [0.3, 0.4) is 0 Å². The second-order valence-electron chi connectivity index (χ2n) is 8.98. The molecule has 1 aliphatic carbocycles. The van der Waals surface area contributed by atoms with Crippen LogP contribution in [0.4, 0.5) is 0 Å². The summed E-state index contributed by atoms with van der Waals surface area (Å²) in [4.78, 5) is 5.16. The van der Waals surface area contributed by atoms with Crippen LogP contribution in [0.2, 0.25) is 5.02 Å². The van der Waals surface area contributed by atoms with Crippen LogP contribution >= 0.6 is 11.6 Å². The molecule has 2 aliphatic rings. The summed E-state index contributed by atoms with van der Waals surface area (Å²) in [5.74, 6) is 1.66. The molecule has 2 fully saturated rings. The quantitative estimate of drug-likeness (QED) is 0.524. The molecule has 33 heavy (non-hydrogen) atoms. The Labute approximate surface area is 200 Å². The second kappa shape index (κ2) is 10.2. The minimum atomic E-state index is -0.0855. The van der Waals surface area contributed by atoms with Gasteiger partial charge in [-0.15, -0.1) is 5.10 Å². The van der Waals surface area contributed by atoms with Gasteiger partial charge in [0.2, 0.25) is 0 Å². The van der Waals surface area contributed by atoms with Crippen molar-refractivity contribution in [3.8, 4) is 5.75 Å². The zero-order chi connectivity index (χ0) is 22.6. The van der Waals surface area contributed by atoms with Gasteiger partial charge >= 0.3 is 0 Å². The van der Waals surface area contributed by atoms with E-state index in [1.807, 2.05) is 35.0 Å². The lowest BCUT2D eigenvalue weighted by atomic mass is 10.0.